The van der Waals surface area contributed by atoms with Crippen molar-refractivity contribution < 1.29 is 9.50 Å². The van der Waals surface area contributed by atoms with Crippen LogP contribution in [0.2, 0.25) is 0 Å². The van der Waals surface area contributed by atoms with Gasteiger partial charge in [0, 0.05) is 0 Å². The van der Waals surface area contributed by atoms with Crippen molar-refractivity contribution in [3.05, 3.63) is 59.7 Å². The lowest BCUT2D eigenvalue weighted by Crippen LogP contribution is -2.30. The molecule has 0 amide bonds. The van der Waals surface area contributed by atoms with E-state index in [-0.39, 0.29) is 0 Å². The molecule has 3 N–H and O–H groups in total. The molecule has 0 bridgehead atoms. The fraction of sp³-hybridized carbons (Fsp3) is 0.188. The average molecular weight is 270 g/mol. The van der Waals surface area contributed by atoms with Crippen molar-refractivity contribution in [2.45, 2.75) is 12.1 Å². The molecular formula is C16H15FN2O. The van der Waals surface area contributed by atoms with Gasteiger partial charge in [-0.05, 0) is 28.8 Å². The molecule has 2 rings (SSSR count). The van der Waals surface area contributed by atoms with Gasteiger partial charge in [-0.2, -0.15) is 5.26 Å². The molecule has 20 heavy (non-hydrogen) atoms. The Morgan fingerprint density at radius 1 is 1.05 bits per heavy atom. The van der Waals surface area contributed by atoms with Crippen molar-refractivity contribution in [1.29, 1.82) is 5.26 Å². The van der Waals surface area contributed by atoms with Crippen LogP contribution in [-0.4, -0.2) is 17.8 Å². The van der Waals surface area contributed by atoms with E-state index >= 15 is 0 Å². The molecule has 0 fully saturated rings. The van der Waals surface area contributed by atoms with E-state index < -0.39 is 18.8 Å². The Morgan fingerprint density at radius 3 is 2.00 bits per heavy atom. The number of halogens is 1. The van der Waals surface area contributed by atoms with Crippen LogP contribution in [0.1, 0.15) is 17.2 Å². The van der Waals surface area contributed by atoms with Gasteiger partial charge in [0.05, 0.1) is 23.8 Å². The molecular weight excluding hydrogens is 255 g/mol. The number of nitrogens with zero attached hydrogens (tertiary/aromatic N) is 1. The molecule has 0 aliphatic carbocycles. The Labute approximate surface area is 117 Å². The summed E-state index contributed by atoms with van der Waals surface area (Å²) in [5.41, 5.74) is 8.60. The van der Waals surface area contributed by atoms with Gasteiger partial charge in [0.2, 0.25) is 0 Å². The summed E-state index contributed by atoms with van der Waals surface area (Å²) in [4.78, 5) is 0. The molecule has 0 aliphatic rings. The van der Waals surface area contributed by atoms with Gasteiger partial charge in [-0.1, -0.05) is 36.4 Å². The highest BCUT2D eigenvalue weighted by Gasteiger charge is 2.16. The number of aliphatic hydroxyl groups is 1. The molecule has 102 valence electrons. The van der Waals surface area contributed by atoms with Crippen LogP contribution in [0.4, 0.5) is 4.39 Å². The topological polar surface area (TPSA) is 70.0 Å². The number of alkyl halides is 1. The van der Waals surface area contributed by atoms with Crippen molar-refractivity contribution in [2.24, 2.45) is 5.73 Å². The minimum atomic E-state index is -1.00. The molecule has 0 spiro atoms. The lowest BCUT2D eigenvalue weighted by atomic mass is 9.99. The van der Waals surface area contributed by atoms with Crippen molar-refractivity contribution >= 4 is 0 Å². The first-order valence-electron chi connectivity index (χ1n) is 6.26. The average Bonchev–Trinajstić information content (AvgIpc) is 2.53. The number of benzene rings is 2. The first-order chi connectivity index (χ1) is 9.65. The zero-order valence-electron chi connectivity index (χ0n) is 10.8. The van der Waals surface area contributed by atoms with Gasteiger partial charge >= 0.3 is 0 Å². The third-order valence-corrected chi connectivity index (χ3v) is 3.18. The minimum Gasteiger partial charge on any atom is -0.387 e. The summed E-state index contributed by atoms with van der Waals surface area (Å²) in [5, 5.41) is 18.6. The molecule has 0 heterocycles. The molecule has 0 aromatic heterocycles. The van der Waals surface area contributed by atoms with Gasteiger partial charge in [0.15, 0.2) is 0 Å². The third kappa shape index (κ3) is 3.02. The summed E-state index contributed by atoms with van der Waals surface area (Å²) in [5.74, 6) is 0. The van der Waals surface area contributed by atoms with Crippen LogP contribution < -0.4 is 5.73 Å². The molecule has 0 aliphatic heterocycles. The summed E-state index contributed by atoms with van der Waals surface area (Å²) in [7, 11) is 0. The fourth-order valence-electron chi connectivity index (χ4n) is 1.94. The van der Waals surface area contributed by atoms with Crippen LogP contribution in [0.25, 0.3) is 11.1 Å². The van der Waals surface area contributed by atoms with Gasteiger partial charge in [-0.25, -0.2) is 4.39 Å². The normalized spacial score (nSPS) is 13.5. The summed E-state index contributed by atoms with van der Waals surface area (Å²) in [6.45, 7) is -0.765. The molecule has 0 radical (unpaired) electrons. The van der Waals surface area contributed by atoms with Gasteiger partial charge in [0.25, 0.3) is 0 Å². The maximum atomic E-state index is 12.4. The molecule has 0 saturated carbocycles. The second kappa shape index (κ2) is 6.29. The van der Waals surface area contributed by atoms with Crippen LogP contribution in [-0.2, 0) is 0 Å². The van der Waals surface area contributed by atoms with Crippen LogP contribution in [0.3, 0.4) is 0 Å². The lowest BCUT2D eigenvalue weighted by molar-refractivity contribution is 0.132. The largest absolute Gasteiger partial charge is 0.387 e. The molecule has 2 aromatic rings. The second-order valence-corrected chi connectivity index (χ2v) is 4.57. The monoisotopic (exact) mass is 270 g/mol. The summed E-state index contributed by atoms with van der Waals surface area (Å²) >= 11 is 0. The summed E-state index contributed by atoms with van der Waals surface area (Å²) in [6.07, 6.45) is -1.00. The molecule has 2 atom stereocenters. The van der Waals surface area contributed by atoms with E-state index in [2.05, 4.69) is 6.07 Å². The maximum absolute atomic E-state index is 12.4. The van der Waals surface area contributed by atoms with Crippen LogP contribution in [0, 0.1) is 11.3 Å². The molecule has 3 nitrogen and oxygen atoms in total. The number of nitriles is 1. The van der Waals surface area contributed by atoms with Crippen molar-refractivity contribution in [1.82, 2.24) is 0 Å². The van der Waals surface area contributed by atoms with E-state index in [1.807, 2.05) is 24.3 Å². The summed E-state index contributed by atoms with van der Waals surface area (Å²) < 4.78 is 12.4. The standard InChI is InChI=1S/C16H15FN2O/c17-9-15(19)16(20)14-7-5-13(6-8-14)12-3-1-11(10-18)2-4-12/h1-8,15-16,20H,9,19H2/t15-,16-/m1/s1. The first-order valence-corrected chi connectivity index (χ1v) is 6.26. The number of aliphatic hydroxyl groups excluding tert-OH is 1. The fourth-order valence-corrected chi connectivity index (χ4v) is 1.94. The van der Waals surface area contributed by atoms with Crippen molar-refractivity contribution in [3.8, 4) is 17.2 Å². The molecule has 4 heteroatoms. The first kappa shape index (κ1) is 14.2. The quantitative estimate of drug-likeness (QED) is 0.897. The smallest absolute Gasteiger partial charge is 0.107 e. The Kier molecular flexibility index (Phi) is 4.46. The Balaban J connectivity index is 2.21. The van der Waals surface area contributed by atoms with Crippen molar-refractivity contribution in [2.75, 3.05) is 6.67 Å². The highest BCUT2D eigenvalue weighted by molar-refractivity contribution is 5.64. The predicted molar refractivity (Wildman–Crippen MR) is 75.5 cm³/mol. The van der Waals surface area contributed by atoms with Gasteiger partial charge in [-0.3, -0.25) is 0 Å². The number of hydrogen-bond acceptors (Lipinski definition) is 3. The van der Waals surface area contributed by atoms with E-state index in [1.54, 1.807) is 24.3 Å². The van der Waals surface area contributed by atoms with E-state index in [4.69, 9.17) is 11.0 Å². The lowest BCUT2D eigenvalue weighted by Gasteiger charge is -2.16. The maximum Gasteiger partial charge on any atom is 0.107 e. The third-order valence-electron chi connectivity index (χ3n) is 3.18. The highest BCUT2D eigenvalue weighted by atomic mass is 19.1. The number of hydrogen-bond donors (Lipinski definition) is 2. The molecule has 0 unspecified atom stereocenters. The predicted octanol–water partition coefficient (Wildman–Crippen LogP) is 2.56. The highest BCUT2D eigenvalue weighted by Crippen LogP contribution is 2.23. The Hall–Kier alpha value is -2.22. The van der Waals surface area contributed by atoms with Crippen LogP contribution in [0.15, 0.2) is 48.5 Å². The van der Waals surface area contributed by atoms with E-state index in [1.165, 1.54) is 0 Å². The van der Waals surface area contributed by atoms with Crippen LogP contribution in [0.5, 0.6) is 0 Å². The zero-order chi connectivity index (χ0) is 14.5. The van der Waals surface area contributed by atoms with Gasteiger partial charge in [0.1, 0.15) is 6.67 Å². The SMILES string of the molecule is N#Cc1ccc(-c2ccc([C@@H](O)[C@H](N)CF)cc2)cc1. The number of rotatable bonds is 4. The van der Waals surface area contributed by atoms with E-state index in [9.17, 15) is 9.50 Å². The summed E-state index contributed by atoms with van der Waals surface area (Å²) in [6, 6.07) is 15.5. The Morgan fingerprint density at radius 2 is 1.55 bits per heavy atom. The molecule has 0 saturated heterocycles. The van der Waals surface area contributed by atoms with Crippen molar-refractivity contribution in [3.63, 3.8) is 0 Å². The number of nitrogens with two attached hydrogens (primary N) is 1. The Bertz CT molecular complexity index is 602. The molecule has 2 aromatic carbocycles. The van der Waals surface area contributed by atoms with Gasteiger partial charge < -0.3 is 10.8 Å². The second-order valence-electron chi connectivity index (χ2n) is 4.57. The van der Waals surface area contributed by atoms with E-state index in [0.717, 1.165) is 11.1 Å². The minimum absolute atomic E-state index is 0.590. The van der Waals surface area contributed by atoms with Crippen LogP contribution >= 0.6 is 0 Å². The zero-order valence-corrected chi connectivity index (χ0v) is 10.8. The van der Waals surface area contributed by atoms with E-state index in [0.29, 0.717) is 11.1 Å². The van der Waals surface area contributed by atoms with Gasteiger partial charge in [-0.15, -0.1) is 0 Å².